The minimum absolute atomic E-state index is 0.430. The second-order valence-corrected chi connectivity index (χ2v) is 3.97. The standard InChI is InChI=1S/C13H18O/c1-5-13(14)11-7-6-10(4)8-12(11)9(2)3/h5-9,13-14H,1H2,2-4H3. The second-order valence-electron chi connectivity index (χ2n) is 3.97. The Kier molecular flexibility index (Phi) is 3.48. The molecule has 0 spiro atoms. The molecule has 14 heavy (non-hydrogen) atoms. The molecule has 0 amide bonds. The zero-order valence-electron chi connectivity index (χ0n) is 9.12. The second kappa shape index (κ2) is 4.43. The summed E-state index contributed by atoms with van der Waals surface area (Å²) in [6.45, 7) is 9.94. The van der Waals surface area contributed by atoms with E-state index < -0.39 is 6.10 Å². The molecule has 1 aromatic carbocycles. The van der Waals surface area contributed by atoms with E-state index in [0.717, 1.165) is 5.56 Å². The molecule has 1 atom stereocenters. The molecule has 1 nitrogen and oxygen atoms in total. The Morgan fingerprint density at radius 1 is 1.29 bits per heavy atom. The van der Waals surface area contributed by atoms with Gasteiger partial charge in [0.2, 0.25) is 0 Å². The van der Waals surface area contributed by atoms with Gasteiger partial charge in [0.25, 0.3) is 0 Å². The van der Waals surface area contributed by atoms with Crippen LogP contribution >= 0.6 is 0 Å². The third kappa shape index (κ3) is 2.24. The van der Waals surface area contributed by atoms with Crippen molar-refractivity contribution in [1.29, 1.82) is 0 Å². The van der Waals surface area contributed by atoms with Crippen molar-refractivity contribution in [3.8, 4) is 0 Å². The van der Waals surface area contributed by atoms with Gasteiger partial charge in [0.05, 0.1) is 6.10 Å². The van der Waals surface area contributed by atoms with Crippen molar-refractivity contribution >= 4 is 0 Å². The molecule has 0 radical (unpaired) electrons. The Morgan fingerprint density at radius 3 is 2.43 bits per heavy atom. The van der Waals surface area contributed by atoms with Gasteiger partial charge in [-0.2, -0.15) is 0 Å². The summed E-state index contributed by atoms with van der Waals surface area (Å²) in [5.74, 6) is 0.430. The Morgan fingerprint density at radius 2 is 1.93 bits per heavy atom. The highest BCUT2D eigenvalue weighted by Crippen LogP contribution is 2.26. The average Bonchev–Trinajstić information content (AvgIpc) is 2.16. The maximum Gasteiger partial charge on any atom is 0.0971 e. The van der Waals surface area contributed by atoms with Gasteiger partial charge in [-0.05, 0) is 24.0 Å². The van der Waals surface area contributed by atoms with E-state index in [9.17, 15) is 5.11 Å². The molecule has 1 N–H and O–H groups in total. The first-order valence-corrected chi connectivity index (χ1v) is 4.97. The highest BCUT2D eigenvalue weighted by atomic mass is 16.3. The van der Waals surface area contributed by atoms with Gasteiger partial charge in [-0.25, -0.2) is 0 Å². The van der Waals surface area contributed by atoms with Crippen molar-refractivity contribution in [1.82, 2.24) is 0 Å². The zero-order valence-corrected chi connectivity index (χ0v) is 9.12. The van der Waals surface area contributed by atoms with Gasteiger partial charge in [0, 0.05) is 0 Å². The van der Waals surface area contributed by atoms with Crippen LogP contribution in [-0.2, 0) is 0 Å². The highest BCUT2D eigenvalue weighted by Gasteiger charge is 2.11. The molecule has 76 valence electrons. The lowest BCUT2D eigenvalue weighted by atomic mass is 9.92. The predicted molar refractivity (Wildman–Crippen MR) is 60.4 cm³/mol. The van der Waals surface area contributed by atoms with Crippen molar-refractivity contribution in [2.45, 2.75) is 32.8 Å². The van der Waals surface area contributed by atoms with Crippen molar-refractivity contribution < 1.29 is 5.11 Å². The largest absolute Gasteiger partial charge is 0.384 e. The first kappa shape index (κ1) is 11.0. The summed E-state index contributed by atoms with van der Waals surface area (Å²) in [5.41, 5.74) is 3.41. The van der Waals surface area contributed by atoms with Crippen LogP contribution in [0.5, 0.6) is 0 Å². The molecular formula is C13H18O. The van der Waals surface area contributed by atoms with Crippen LogP contribution in [0.2, 0.25) is 0 Å². The molecule has 1 rings (SSSR count). The summed E-state index contributed by atoms with van der Waals surface area (Å²) in [6.07, 6.45) is 1.02. The summed E-state index contributed by atoms with van der Waals surface area (Å²) in [4.78, 5) is 0. The normalized spacial score (nSPS) is 12.9. The topological polar surface area (TPSA) is 20.2 Å². The number of aryl methyl sites for hydroxylation is 1. The number of benzene rings is 1. The van der Waals surface area contributed by atoms with Crippen molar-refractivity contribution in [2.75, 3.05) is 0 Å². The molecule has 0 aliphatic rings. The van der Waals surface area contributed by atoms with Gasteiger partial charge < -0.3 is 5.11 Å². The van der Waals surface area contributed by atoms with Crippen LogP contribution in [0.4, 0.5) is 0 Å². The van der Waals surface area contributed by atoms with Crippen LogP contribution in [-0.4, -0.2) is 5.11 Å². The van der Waals surface area contributed by atoms with E-state index in [1.54, 1.807) is 6.08 Å². The maximum atomic E-state index is 9.73. The van der Waals surface area contributed by atoms with E-state index in [1.807, 2.05) is 12.1 Å². The minimum Gasteiger partial charge on any atom is -0.384 e. The van der Waals surface area contributed by atoms with Gasteiger partial charge in [-0.15, -0.1) is 6.58 Å². The van der Waals surface area contributed by atoms with Gasteiger partial charge in [-0.3, -0.25) is 0 Å². The molecule has 0 aromatic heterocycles. The number of hydrogen-bond acceptors (Lipinski definition) is 1. The summed E-state index contributed by atoms with van der Waals surface area (Å²) in [7, 11) is 0. The van der Waals surface area contributed by atoms with E-state index in [-0.39, 0.29) is 0 Å². The lowest BCUT2D eigenvalue weighted by molar-refractivity contribution is 0.227. The quantitative estimate of drug-likeness (QED) is 0.725. The lowest BCUT2D eigenvalue weighted by Crippen LogP contribution is -2.01. The summed E-state index contributed by atoms with van der Waals surface area (Å²) in [5, 5.41) is 9.73. The smallest absolute Gasteiger partial charge is 0.0971 e. The Balaban J connectivity index is 3.21. The molecule has 0 saturated carbocycles. The van der Waals surface area contributed by atoms with Crippen molar-refractivity contribution in [2.24, 2.45) is 0 Å². The fraction of sp³-hybridized carbons (Fsp3) is 0.385. The molecule has 0 aliphatic heterocycles. The van der Waals surface area contributed by atoms with E-state index in [1.165, 1.54) is 11.1 Å². The Hall–Kier alpha value is -1.08. The molecule has 0 aliphatic carbocycles. The fourth-order valence-electron chi connectivity index (χ4n) is 1.59. The molecule has 0 heterocycles. The van der Waals surface area contributed by atoms with Crippen LogP contribution in [0.1, 0.15) is 42.6 Å². The van der Waals surface area contributed by atoms with E-state index in [4.69, 9.17) is 0 Å². The maximum absolute atomic E-state index is 9.73. The molecule has 0 bridgehead atoms. The molecule has 0 fully saturated rings. The monoisotopic (exact) mass is 190 g/mol. The van der Waals surface area contributed by atoms with Crippen LogP contribution in [0, 0.1) is 6.92 Å². The first-order chi connectivity index (χ1) is 6.56. The number of rotatable bonds is 3. The van der Waals surface area contributed by atoms with Crippen LogP contribution < -0.4 is 0 Å². The third-order valence-corrected chi connectivity index (χ3v) is 2.41. The van der Waals surface area contributed by atoms with E-state index in [2.05, 4.69) is 33.4 Å². The van der Waals surface area contributed by atoms with Gasteiger partial charge in [-0.1, -0.05) is 43.7 Å². The highest BCUT2D eigenvalue weighted by molar-refractivity contribution is 5.36. The first-order valence-electron chi connectivity index (χ1n) is 4.97. The van der Waals surface area contributed by atoms with Crippen LogP contribution in [0.25, 0.3) is 0 Å². The summed E-state index contributed by atoms with van der Waals surface area (Å²) in [6, 6.07) is 6.14. The van der Waals surface area contributed by atoms with Gasteiger partial charge in [0.1, 0.15) is 0 Å². The lowest BCUT2D eigenvalue weighted by Gasteiger charge is -2.16. The van der Waals surface area contributed by atoms with Crippen molar-refractivity contribution in [3.05, 3.63) is 47.5 Å². The SMILES string of the molecule is C=CC(O)c1ccc(C)cc1C(C)C. The fourth-order valence-corrected chi connectivity index (χ4v) is 1.59. The number of aliphatic hydroxyl groups is 1. The molecule has 1 unspecified atom stereocenters. The van der Waals surface area contributed by atoms with Crippen LogP contribution in [0.3, 0.4) is 0 Å². The number of aliphatic hydroxyl groups excluding tert-OH is 1. The zero-order chi connectivity index (χ0) is 10.7. The molecular weight excluding hydrogens is 172 g/mol. The average molecular weight is 190 g/mol. The number of hydrogen-bond donors (Lipinski definition) is 1. The summed E-state index contributed by atoms with van der Waals surface area (Å²) >= 11 is 0. The van der Waals surface area contributed by atoms with Crippen LogP contribution in [0.15, 0.2) is 30.9 Å². The minimum atomic E-state index is -0.548. The van der Waals surface area contributed by atoms with E-state index in [0.29, 0.717) is 5.92 Å². The van der Waals surface area contributed by atoms with Gasteiger partial charge in [0.15, 0.2) is 0 Å². The summed E-state index contributed by atoms with van der Waals surface area (Å²) < 4.78 is 0. The Labute approximate surface area is 86.1 Å². The molecule has 1 aromatic rings. The van der Waals surface area contributed by atoms with E-state index >= 15 is 0 Å². The predicted octanol–water partition coefficient (Wildman–Crippen LogP) is 3.34. The Bertz CT molecular complexity index is 326. The third-order valence-electron chi connectivity index (χ3n) is 2.41. The van der Waals surface area contributed by atoms with Gasteiger partial charge >= 0.3 is 0 Å². The van der Waals surface area contributed by atoms with Crippen molar-refractivity contribution in [3.63, 3.8) is 0 Å². The molecule has 1 heteroatoms. The molecule has 0 saturated heterocycles.